The van der Waals surface area contributed by atoms with Gasteiger partial charge in [0.25, 0.3) is 0 Å². The lowest BCUT2D eigenvalue weighted by molar-refractivity contribution is 0.187. The number of nitrogens with one attached hydrogen (secondary N) is 1. The predicted octanol–water partition coefficient (Wildman–Crippen LogP) is 2.88. The van der Waals surface area contributed by atoms with Gasteiger partial charge in [0.1, 0.15) is 6.10 Å². The molecule has 0 aliphatic heterocycles. The molecule has 3 nitrogen and oxygen atoms in total. The van der Waals surface area contributed by atoms with Gasteiger partial charge < -0.3 is 10.4 Å². The highest BCUT2D eigenvalue weighted by Crippen LogP contribution is 2.16. The fraction of sp³-hybridized carbons (Fsp3) is 0.154. The number of anilines is 1. The van der Waals surface area contributed by atoms with Gasteiger partial charge in [-0.2, -0.15) is 0 Å². The first kappa shape index (κ1) is 11.9. The van der Waals surface area contributed by atoms with Crippen molar-refractivity contribution >= 4 is 17.3 Å². The van der Waals surface area contributed by atoms with Crippen LogP contribution in [0.3, 0.4) is 0 Å². The van der Waals surface area contributed by atoms with Crippen molar-refractivity contribution in [1.82, 2.24) is 4.98 Å². The van der Waals surface area contributed by atoms with Crippen molar-refractivity contribution < 1.29 is 5.11 Å². The molecule has 2 N–H and O–H groups in total. The first-order valence-electron chi connectivity index (χ1n) is 5.34. The second-order valence-corrected chi connectivity index (χ2v) is 4.10. The van der Waals surface area contributed by atoms with Crippen LogP contribution < -0.4 is 5.32 Å². The maximum atomic E-state index is 9.89. The van der Waals surface area contributed by atoms with Crippen molar-refractivity contribution in [3.05, 3.63) is 59.4 Å². The minimum Gasteiger partial charge on any atom is -0.385 e. The topological polar surface area (TPSA) is 45.1 Å². The molecule has 88 valence electrons. The normalized spacial score (nSPS) is 12.1. The van der Waals surface area contributed by atoms with Crippen LogP contribution in [-0.2, 0) is 0 Å². The van der Waals surface area contributed by atoms with Gasteiger partial charge in [0.15, 0.2) is 0 Å². The molecule has 0 bridgehead atoms. The molecule has 1 unspecified atom stereocenters. The Morgan fingerprint density at radius 2 is 2.12 bits per heavy atom. The summed E-state index contributed by atoms with van der Waals surface area (Å²) in [7, 11) is 0. The smallest absolute Gasteiger partial charge is 0.113 e. The molecule has 0 radical (unpaired) electrons. The molecule has 4 heteroatoms. The predicted molar refractivity (Wildman–Crippen MR) is 69.1 cm³/mol. The molecule has 2 rings (SSSR count). The van der Waals surface area contributed by atoms with Crippen LogP contribution in [-0.4, -0.2) is 16.6 Å². The molecule has 0 amide bonds. The zero-order valence-corrected chi connectivity index (χ0v) is 9.93. The van der Waals surface area contributed by atoms with Crippen LogP contribution in [0.2, 0.25) is 5.02 Å². The molecular formula is C13H13ClN2O. The van der Waals surface area contributed by atoms with Gasteiger partial charge in [0, 0.05) is 23.5 Å². The molecule has 0 spiro atoms. The monoisotopic (exact) mass is 248 g/mol. The zero-order valence-electron chi connectivity index (χ0n) is 9.18. The molecule has 0 aliphatic rings. The Morgan fingerprint density at radius 1 is 1.24 bits per heavy atom. The van der Waals surface area contributed by atoms with Crippen molar-refractivity contribution in [3.63, 3.8) is 0 Å². The number of aliphatic hydroxyl groups excluding tert-OH is 1. The number of halogens is 1. The average molecular weight is 249 g/mol. The molecule has 0 fully saturated rings. The average Bonchev–Trinajstić information content (AvgIpc) is 2.37. The van der Waals surface area contributed by atoms with Crippen LogP contribution in [0.4, 0.5) is 5.69 Å². The second kappa shape index (κ2) is 5.66. The lowest BCUT2D eigenvalue weighted by Crippen LogP contribution is -2.13. The van der Waals surface area contributed by atoms with E-state index in [1.165, 1.54) is 0 Å². The largest absolute Gasteiger partial charge is 0.385 e. The first-order chi connectivity index (χ1) is 8.25. The number of hydrogen-bond acceptors (Lipinski definition) is 3. The number of rotatable bonds is 4. The number of hydrogen-bond donors (Lipinski definition) is 2. The van der Waals surface area contributed by atoms with E-state index in [2.05, 4.69) is 10.3 Å². The van der Waals surface area contributed by atoms with E-state index < -0.39 is 6.10 Å². The third-order valence-electron chi connectivity index (χ3n) is 2.35. The van der Waals surface area contributed by atoms with E-state index in [4.69, 9.17) is 11.6 Å². The molecule has 0 saturated heterocycles. The summed E-state index contributed by atoms with van der Waals surface area (Å²) in [6, 6.07) is 12.8. The van der Waals surface area contributed by atoms with Crippen LogP contribution in [0.1, 0.15) is 11.8 Å². The van der Waals surface area contributed by atoms with Crippen LogP contribution in [0.15, 0.2) is 48.7 Å². The zero-order chi connectivity index (χ0) is 12.1. The molecule has 1 aromatic heterocycles. The number of aliphatic hydroxyl groups is 1. The van der Waals surface area contributed by atoms with Crippen molar-refractivity contribution in [2.24, 2.45) is 0 Å². The molecule has 0 aliphatic carbocycles. The quantitative estimate of drug-likeness (QED) is 0.875. The highest BCUT2D eigenvalue weighted by Gasteiger charge is 2.07. The summed E-state index contributed by atoms with van der Waals surface area (Å²) in [4.78, 5) is 4.09. The maximum Gasteiger partial charge on any atom is 0.113 e. The molecule has 1 atom stereocenters. The highest BCUT2D eigenvalue weighted by molar-refractivity contribution is 6.30. The summed E-state index contributed by atoms with van der Waals surface area (Å²) >= 11 is 5.86. The molecule has 17 heavy (non-hydrogen) atoms. The van der Waals surface area contributed by atoms with E-state index in [0.29, 0.717) is 17.3 Å². The van der Waals surface area contributed by atoms with Gasteiger partial charge in [-0.3, -0.25) is 4.98 Å². The van der Waals surface area contributed by atoms with Gasteiger partial charge in [-0.25, -0.2) is 0 Å². The standard InChI is InChI=1S/C13H13ClN2O/c14-10-4-3-5-11(8-10)16-9-13(17)12-6-1-2-7-15-12/h1-8,13,16-17H,9H2. The Bertz CT molecular complexity index is 476. The Morgan fingerprint density at radius 3 is 2.82 bits per heavy atom. The minimum absolute atomic E-state index is 0.400. The van der Waals surface area contributed by atoms with Crippen LogP contribution in [0.25, 0.3) is 0 Å². The fourth-order valence-electron chi connectivity index (χ4n) is 1.49. The highest BCUT2D eigenvalue weighted by atomic mass is 35.5. The van der Waals surface area contributed by atoms with Gasteiger partial charge in [-0.1, -0.05) is 23.7 Å². The number of benzene rings is 1. The fourth-order valence-corrected chi connectivity index (χ4v) is 1.68. The van der Waals surface area contributed by atoms with E-state index in [1.54, 1.807) is 12.3 Å². The number of pyridine rings is 1. The Hall–Kier alpha value is -1.58. The molecule has 2 aromatic rings. The summed E-state index contributed by atoms with van der Waals surface area (Å²) in [6.45, 7) is 0.400. The third kappa shape index (κ3) is 3.44. The van der Waals surface area contributed by atoms with Crippen molar-refractivity contribution in [3.8, 4) is 0 Å². The SMILES string of the molecule is OC(CNc1cccc(Cl)c1)c1ccccn1. The van der Waals surface area contributed by atoms with Gasteiger partial charge in [-0.05, 0) is 30.3 Å². The van der Waals surface area contributed by atoms with Crippen LogP contribution in [0, 0.1) is 0 Å². The van der Waals surface area contributed by atoms with Gasteiger partial charge in [0.05, 0.1) is 5.69 Å². The summed E-state index contributed by atoms with van der Waals surface area (Å²) < 4.78 is 0. The van der Waals surface area contributed by atoms with E-state index in [-0.39, 0.29) is 0 Å². The summed E-state index contributed by atoms with van der Waals surface area (Å²) in [5, 5.41) is 13.7. The van der Waals surface area contributed by atoms with Crippen LogP contribution >= 0.6 is 11.6 Å². The van der Waals surface area contributed by atoms with Crippen LogP contribution in [0.5, 0.6) is 0 Å². The Kier molecular flexibility index (Phi) is 3.96. The third-order valence-corrected chi connectivity index (χ3v) is 2.59. The molecule has 1 heterocycles. The van der Waals surface area contributed by atoms with E-state index in [9.17, 15) is 5.11 Å². The summed E-state index contributed by atoms with van der Waals surface area (Å²) in [5.41, 5.74) is 1.54. The van der Waals surface area contributed by atoms with E-state index >= 15 is 0 Å². The Balaban J connectivity index is 1.95. The lowest BCUT2D eigenvalue weighted by atomic mass is 10.2. The number of nitrogens with zero attached hydrogens (tertiary/aromatic N) is 1. The maximum absolute atomic E-state index is 9.89. The minimum atomic E-state index is -0.629. The van der Waals surface area contributed by atoms with E-state index in [0.717, 1.165) is 5.69 Å². The van der Waals surface area contributed by atoms with Gasteiger partial charge in [0.2, 0.25) is 0 Å². The van der Waals surface area contributed by atoms with Gasteiger partial charge in [-0.15, -0.1) is 0 Å². The number of aromatic nitrogens is 1. The van der Waals surface area contributed by atoms with Crippen molar-refractivity contribution in [1.29, 1.82) is 0 Å². The second-order valence-electron chi connectivity index (χ2n) is 3.66. The van der Waals surface area contributed by atoms with Gasteiger partial charge >= 0.3 is 0 Å². The molecule has 1 aromatic carbocycles. The first-order valence-corrected chi connectivity index (χ1v) is 5.72. The summed E-state index contributed by atoms with van der Waals surface area (Å²) in [5.74, 6) is 0. The van der Waals surface area contributed by atoms with Crippen molar-refractivity contribution in [2.45, 2.75) is 6.10 Å². The van der Waals surface area contributed by atoms with E-state index in [1.807, 2.05) is 36.4 Å². The Labute approximate surface area is 105 Å². The van der Waals surface area contributed by atoms with Crippen molar-refractivity contribution in [2.75, 3.05) is 11.9 Å². The summed E-state index contributed by atoms with van der Waals surface area (Å²) in [6.07, 6.45) is 1.04. The lowest BCUT2D eigenvalue weighted by Gasteiger charge is -2.12. The molecule has 0 saturated carbocycles. The molecular weight excluding hydrogens is 236 g/mol.